The number of furan rings is 1. The molecule has 192 valence electrons. The Bertz CT molecular complexity index is 3590. The van der Waals surface area contributed by atoms with Gasteiger partial charge in [-0.3, -0.25) is 4.57 Å². The molecule has 0 aliphatic heterocycles. The molecule has 0 N–H and O–H groups in total. The second kappa shape index (κ2) is 8.26. The van der Waals surface area contributed by atoms with E-state index in [1.165, 1.54) is 6.92 Å². The van der Waals surface area contributed by atoms with E-state index in [-0.39, 0.29) is 43.6 Å². The maximum absolute atomic E-state index is 9.27. The average Bonchev–Trinajstić information content (AvgIpc) is 3.81. The highest BCUT2D eigenvalue weighted by atomic mass is 16.3. The van der Waals surface area contributed by atoms with Crippen LogP contribution in [0, 0.1) is 6.92 Å². The molecule has 3 aromatic heterocycles. The van der Waals surface area contributed by atoms with Crippen LogP contribution >= 0.6 is 0 Å². The lowest BCUT2D eigenvalue weighted by molar-refractivity contribution is 0.673. The zero-order valence-electron chi connectivity index (χ0n) is 40.7. The van der Waals surface area contributed by atoms with Gasteiger partial charge in [-0.1, -0.05) is 108 Å². The van der Waals surface area contributed by atoms with Crippen LogP contribution in [0.5, 0.6) is 0 Å². The highest BCUT2D eigenvalue weighted by Gasteiger charge is 2.24. The summed E-state index contributed by atoms with van der Waals surface area (Å²) in [6.45, 7) is 1.35. The number of para-hydroxylation sites is 3. The summed E-state index contributed by atoms with van der Waals surface area (Å²) < 4.78 is 183. The van der Waals surface area contributed by atoms with Gasteiger partial charge in [-0.05, 0) is 25.1 Å². The van der Waals surface area contributed by atoms with Crippen LogP contribution in [0.15, 0.2) is 125 Å². The number of benzene rings is 6. The van der Waals surface area contributed by atoms with Crippen molar-refractivity contribution in [3.63, 3.8) is 0 Å². The Morgan fingerprint density at radius 1 is 0.610 bits per heavy atom. The van der Waals surface area contributed by atoms with E-state index < -0.39 is 165 Å². The molecule has 41 heavy (non-hydrogen) atoms. The number of hydrogen-bond acceptors (Lipinski definition) is 3. The lowest BCUT2D eigenvalue weighted by atomic mass is 9.99. The number of hydrogen-bond donors (Lipinski definition) is 0. The molecule has 4 nitrogen and oxygen atoms in total. The van der Waals surface area contributed by atoms with Crippen LogP contribution in [-0.4, -0.2) is 14.5 Å². The quantitative estimate of drug-likeness (QED) is 0.217. The standard InChI is InChI=1S/C37H23N3O/c1-22-18-20-23(21-19-22)34-26-12-4-7-15-29(26)38-37(39-34)40-30-16-8-5-13-27(30)32-33-28-14-6-9-17-31(28)41-36(33)25-11-3-2-10-24(25)35(32)40/h2-21H,1H3/i2D,3D,4D,5D,6D,7D,8D,9D,10D,11D,12D,13D,14D,15D,16D,17D,18D,19D,20D,21D. The molecule has 0 fully saturated rings. The Morgan fingerprint density at radius 3 is 2.10 bits per heavy atom. The molecular weight excluding hydrogens is 502 g/mol. The van der Waals surface area contributed by atoms with E-state index in [4.69, 9.17) is 27.7 Å². The molecule has 0 saturated heterocycles. The molecule has 9 aromatic rings. The van der Waals surface area contributed by atoms with Crippen LogP contribution in [0.4, 0.5) is 0 Å². The van der Waals surface area contributed by atoms with Crippen LogP contribution in [0.1, 0.15) is 33.0 Å². The van der Waals surface area contributed by atoms with Gasteiger partial charge in [0.2, 0.25) is 5.95 Å². The van der Waals surface area contributed by atoms with Gasteiger partial charge in [0.05, 0.1) is 49.7 Å². The fourth-order valence-corrected chi connectivity index (χ4v) is 5.19. The largest absolute Gasteiger partial charge is 0.455 e. The van der Waals surface area contributed by atoms with Crippen LogP contribution in [0.25, 0.3) is 82.6 Å². The van der Waals surface area contributed by atoms with E-state index in [0.717, 1.165) is 4.57 Å². The molecule has 9 rings (SSSR count). The average molecular weight is 546 g/mol. The van der Waals surface area contributed by atoms with Gasteiger partial charge in [0.1, 0.15) is 11.2 Å². The van der Waals surface area contributed by atoms with Gasteiger partial charge in [-0.15, -0.1) is 0 Å². The summed E-state index contributed by atoms with van der Waals surface area (Å²) in [6, 6.07) is -14.1. The summed E-state index contributed by atoms with van der Waals surface area (Å²) in [7, 11) is 0. The Morgan fingerprint density at radius 2 is 1.27 bits per heavy atom. The highest BCUT2D eigenvalue weighted by Crippen LogP contribution is 2.45. The first kappa shape index (κ1) is 10.5. The topological polar surface area (TPSA) is 43.9 Å². The number of nitrogens with zero attached hydrogens (tertiary/aromatic N) is 3. The van der Waals surface area contributed by atoms with Crippen molar-refractivity contribution in [3.8, 4) is 17.2 Å². The minimum Gasteiger partial charge on any atom is -0.455 e. The molecule has 3 heterocycles. The summed E-state index contributed by atoms with van der Waals surface area (Å²) >= 11 is 0. The van der Waals surface area contributed by atoms with Crippen molar-refractivity contribution in [1.29, 1.82) is 0 Å². The van der Waals surface area contributed by atoms with Crippen LogP contribution < -0.4 is 0 Å². The Labute approximate surface area is 263 Å². The lowest BCUT2D eigenvalue weighted by Crippen LogP contribution is -2.03. The third-order valence-electron chi connectivity index (χ3n) is 6.85. The van der Waals surface area contributed by atoms with Crippen molar-refractivity contribution in [1.82, 2.24) is 14.5 Å². The molecule has 0 saturated carbocycles. The molecule has 0 radical (unpaired) electrons. The summed E-state index contributed by atoms with van der Waals surface area (Å²) in [5.41, 5.74) is -3.27. The molecule has 0 unspecified atom stereocenters. The van der Waals surface area contributed by atoms with Crippen molar-refractivity contribution >= 4 is 65.4 Å². The zero-order chi connectivity index (χ0) is 44.5. The number of fused-ring (bicyclic) bond motifs is 11. The van der Waals surface area contributed by atoms with E-state index in [0.29, 0.717) is 0 Å². The van der Waals surface area contributed by atoms with Crippen molar-refractivity contribution in [2.45, 2.75) is 6.92 Å². The fraction of sp³-hybridized carbons (Fsp3) is 0.0270. The summed E-state index contributed by atoms with van der Waals surface area (Å²) in [5, 5.41) is -2.34. The highest BCUT2D eigenvalue weighted by molar-refractivity contribution is 6.35. The van der Waals surface area contributed by atoms with Crippen molar-refractivity contribution in [2.75, 3.05) is 0 Å². The summed E-state index contributed by atoms with van der Waals surface area (Å²) in [5.74, 6) is -0.669. The fourth-order valence-electron chi connectivity index (χ4n) is 5.19. The molecule has 0 aliphatic rings. The van der Waals surface area contributed by atoms with Gasteiger partial charge >= 0.3 is 0 Å². The van der Waals surface area contributed by atoms with Gasteiger partial charge in [-0.2, -0.15) is 0 Å². The van der Waals surface area contributed by atoms with E-state index in [1.54, 1.807) is 0 Å². The van der Waals surface area contributed by atoms with Gasteiger partial charge in [0.15, 0.2) is 0 Å². The van der Waals surface area contributed by atoms with Crippen molar-refractivity contribution in [3.05, 3.63) is 126 Å². The molecule has 0 spiro atoms. The van der Waals surface area contributed by atoms with E-state index in [2.05, 4.69) is 9.97 Å². The first-order valence-electron chi connectivity index (χ1n) is 22.2. The predicted molar refractivity (Wildman–Crippen MR) is 169 cm³/mol. The van der Waals surface area contributed by atoms with Gasteiger partial charge in [0, 0.05) is 43.3 Å². The second-order valence-electron chi connectivity index (χ2n) is 9.14. The van der Waals surface area contributed by atoms with E-state index in [1.807, 2.05) is 0 Å². The number of aromatic nitrogens is 3. The summed E-state index contributed by atoms with van der Waals surface area (Å²) in [6.07, 6.45) is 0. The third kappa shape index (κ3) is 3.10. The maximum Gasteiger partial charge on any atom is 0.235 e. The smallest absolute Gasteiger partial charge is 0.235 e. The molecule has 0 atom stereocenters. The molecular formula is C37H23N3O. The first-order valence-corrected chi connectivity index (χ1v) is 12.2. The molecule has 0 aliphatic carbocycles. The Kier molecular flexibility index (Phi) is 2.11. The minimum atomic E-state index is -0.802. The van der Waals surface area contributed by atoms with Gasteiger partial charge in [-0.25, -0.2) is 9.97 Å². The number of rotatable bonds is 2. The normalized spacial score (nSPS) is 18.9. The Hall–Kier alpha value is -5.48. The van der Waals surface area contributed by atoms with Gasteiger partial charge < -0.3 is 4.42 Å². The lowest BCUT2D eigenvalue weighted by Gasteiger charge is -2.13. The zero-order valence-corrected chi connectivity index (χ0v) is 20.7. The first-order chi connectivity index (χ1) is 28.6. The van der Waals surface area contributed by atoms with Crippen LogP contribution in [0.2, 0.25) is 0 Å². The second-order valence-corrected chi connectivity index (χ2v) is 9.14. The molecule has 6 aromatic carbocycles. The molecule has 0 bridgehead atoms. The van der Waals surface area contributed by atoms with Crippen LogP contribution in [-0.2, 0) is 0 Å². The van der Waals surface area contributed by atoms with Gasteiger partial charge in [0.25, 0.3) is 0 Å². The molecule has 4 heteroatoms. The minimum absolute atomic E-state index is 0.0486. The third-order valence-corrected chi connectivity index (χ3v) is 6.85. The SMILES string of the molecule is [2H]c1c([2H])c(-c2nc(-n3c4c([2H])c([2H])c([2H])c([2H])c4c4c5c(oc6c([2H])c([2H])c([2H])c([2H])c65)c5c([2H])c([2H])c([2H])c([2H])c5c43)nc3c([2H])c([2H])c([2H])c([2H])c23)c([2H])c([2H])c1C. The molecule has 0 amide bonds. The van der Waals surface area contributed by atoms with Crippen LogP contribution in [0.3, 0.4) is 0 Å². The van der Waals surface area contributed by atoms with E-state index in [9.17, 15) is 4.11 Å². The summed E-state index contributed by atoms with van der Waals surface area (Å²) in [4.78, 5) is 9.17. The van der Waals surface area contributed by atoms with Crippen molar-refractivity contribution < 1.29 is 31.8 Å². The van der Waals surface area contributed by atoms with E-state index >= 15 is 0 Å². The Balaban J connectivity index is 1.70. The predicted octanol–water partition coefficient (Wildman–Crippen LogP) is 9.75. The van der Waals surface area contributed by atoms with Crippen molar-refractivity contribution in [2.24, 2.45) is 0 Å². The maximum atomic E-state index is 9.27. The monoisotopic (exact) mass is 545 g/mol.